The highest BCUT2D eigenvalue weighted by Gasteiger charge is 2.46. The lowest BCUT2D eigenvalue weighted by atomic mass is 9.67. The molecule has 11 aromatic carbocycles. The predicted octanol–water partition coefficient (Wildman–Crippen LogP) is 18.9. The van der Waals surface area contributed by atoms with Gasteiger partial charge in [0.2, 0.25) is 0 Å². The minimum absolute atomic E-state index is 0.0313. The molecule has 338 valence electrons. The minimum Gasteiger partial charge on any atom is -0.456 e. The van der Waals surface area contributed by atoms with Gasteiger partial charge in [-0.2, -0.15) is 0 Å². The Morgan fingerprint density at radius 3 is 1.69 bits per heavy atom. The van der Waals surface area contributed by atoms with Gasteiger partial charge in [0.15, 0.2) is 0 Å². The molecule has 0 bridgehead atoms. The highest BCUT2D eigenvalue weighted by Crippen LogP contribution is 2.57. The summed E-state index contributed by atoms with van der Waals surface area (Å²) in [4.78, 5) is 2.48. The number of benzene rings is 11. The third-order valence-electron chi connectivity index (χ3n) is 14.9. The molecule has 1 heterocycles. The van der Waals surface area contributed by atoms with Crippen molar-refractivity contribution in [3.8, 4) is 44.5 Å². The van der Waals surface area contributed by atoms with E-state index >= 15 is 0 Å². The zero-order valence-corrected chi connectivity index (χ0v) is 40.1. The molecule has 13 rings (SSSR count). The van der Waals surface area contributed by atoms with Gasteiger partial charge in [0, 0.05) is 16.6 Å². The third-order valence-corrected chi connectivity index (χ3v) is 14.9. The largest absolute Gasteiger partial charge is 0.456 e. The highest BCUT2D eigenvalue weighted by molar-refractivity contribution is 6.14. The summed E-state index contributed by atoms with van der Waals surface area (Å²) in [5, 5.41) is 4.61. The molecular formula is C69H51NO. The summed E-state index contributed by atoms with van der Waals surface area (Å²) in [6.07, 6.45) is 0. The maximum absolute atomic E-state index is 6.77. The molecule has 0 saturated heterocycles. The Morgan fingerprint density at radius 2 is 0.930 bits per heavy atom. The molecule has 0 spiro atoms. The van der Waals surface area contributed by atoms with Gasteiger partial charge in [-0.3, -0.25) is 0 Å². The van der Waals surface area contributed by atoms with Crippen LogP contribution in [0.1, 0.15) is 48.6 Å². The van der Waals surface area contributed by atoms with Gasteiger partial charge in [-0.05, 0) is 138 Å². The van der Waals surface area contributed by atoms with Gasteiger partial charge >= 0.3 is 0 Å². The SMILES string of the molecule is CC(C)(C)c1ccc(-c2ccccc2N(c2cccc(C3(c4cccc(-c5ccc6ccccc6c5)c4)c4ccccc4-c4ccccc43)c2)c2cccc3oc4ccc(-c5ccccc5)cc4c23)cc1. The van der Waals surface area contributed by atoms with Crippen molar-refractivity contribution in [1.82, 2.24) is 0 Å². The molecule has 0 N–H and O–H groups in total. The summed E-state index contributed by atoms with van der Waals surface area (Å²) in [6, 6.07) is 93.9. The van der Waals surface area contributed by atoms with Crippen LogP contribution in [0, 0.1) is 0 Å². The normalized spacial score (nSPS) is 12.8. The quantitative estimate of drug-likeness (QED) is 0.151. The van der Waals surface area contributed by atoms with Crippen LogP contribution in [-0.4, -0.2) is 0 Å². The van der Waals surface area contributed by atoms with E-state index in [0.29, 0.717) is 0 Å². The van der Waals surface area contributed by atoms with Crippen molar-refractivity contribution in [3.63, 3.8) is 0 Å². The van der Waals surface area contributed by atoms with Gasteiger partial charge in [0.1, 0.15) is 11.2 Å². The van der Waals surface area contributed by atoms with E-state index < -0.39 is 5.41 Å². The Hall–Kier alpha value is -8.72. The number of furan rings is 1. The summed E-state index contributed by atoms with van der Waals surface area (Å²) in [5.41, 5.74) is 20.0. The topological polar surface area (TPSA) is 16.4 Å². The van der Waals surface area contributed by atoms with Crippen LogP contribution in [0.4, 0.5) is 17.1 Å². The van der Waals surface area contributed by atoms with Crippen LogP contribution < -0.4 is 4.90 Å². The number of hydrogen-bond acceptors (Lipinski definition) is 2. The van der Waals surface area contributed by atoms with E-state index in [2.05, 4.69) is 280 Å². The molecule has 1 aliphatic rings. The summed E-state index contributed by atoms with van der Waals surface area (Å²) in [6.45, 7) is 6.83. The molecule has 1 aromatic heterocycles. The van der Waals surface area contributed by atoms with Crippen molar-refractivity contribution in [1.29, 1.82) is 0 Å². The molecule has 2 nitrogen and oxygen atoms in total. The standard InChI is InChI=1S/C69H51NO/c1-68(2,3)53-39-36-48(37-40-53)57-26-11-14-31-63(57)70(64-32-17-33-66-67(64)60-44-52(38-41-65(60)71-66)46-18-5-4-6-19-46)56-25-16-24-55(45-56)69(61-29-12-9-27-58(61)59-28-10-13-30-62(59)69)54-23-15-22-50(43-54)51-35-34-47-20-7-8-21-49(47)42-51/h4-45H,1-3H3. The van der Waals surface area contributed by atoms with Gasteiger partial charge in [-0.15, -0.1) is 0 Å². The number of nitrogens with zero attached hydrogens (tertiary/aromatic N) is 1. The summed E-state index contributed by atoms with van der Waals surface area (Å²) in [5.74, 6) is 0. The molecule has 71 heavy (non-hydrogen) atoms. The molecule has 0 fully saturated rings. The summed E-state index contributed by atoms with van der Waals surface area (Å²) >= 11 is 0. The van der Waals surface area contributed by atoms with Crippen molar-refractivity contribution in [3.05, 3.63) is 283 Å². The van der Waals surface area contributed by atoms with E-state index in [9.17, 15) is 0 Å². The van der Waals surface area contributed by atoms with Gasteiger partial charge in [0.05, 0.1) is 22.2 Å². The predicted molar refractivity (Wildman–Crippen MR) is 298 cm³/mol. The fourth-order valence-electron chi connectivity index (χ4n) is 11.5. The smallest absolute Gasteiger partial charge is 0.137 e. The zero-order chi connectivity index (χ0) is 47.7. The average molecular weight is 910 g/mol. The number of para-hydroxylation sites is 1. The van der Waals surface area contributed by atoms with E-state index in [1.165, 1.54) is 66.4 Å². The monoisotopic (exact) mass is 909 g/mol. The first-order chi connectivity index (χ1) is 34.8. The molecule has 0 amide bonds. The maximum Gasteiger partial charge on any atom is 0.137 e. The van der Waals surface area contributed by atoms with Crippen molar-refractivity contribution in [2.45, 2.75) is 31.6 Å². The van der Waals surface area contributed by atoms with Crippen LogP contribution in [0.3, 0.4) is 0 Å². The fourth-order valence-corrected chi connectivity index (χ4v) is 11.5. The van der Waals surface area contributed by atoms with Crippen LogP contribution in [-0.2, 0) is 10.8 Å². The van der Waals surface area contributed by atoms with E-state index in [0.717, 1.165) is 55.7 Å². The van der Waals surface area contributed by atoms with Crippen LogP contribution >= 0.6 is 0 Å². The van der Waals surface area contributed by atoms with Crippen LogP contribution in [0.15, 0.2) is 259 Å². The Balaban J connectivity index is 1.08. The average Bonchev–Trinajstić information content (AvgIpc) is 3.95. The highest BCUT2D eigenvalue weighted by atomic mass is 16.3. The lowest BCUT2D eigenvalue weighted by Crippen LogP contribution is -2.29. The Morgan fingerprint density at radius 1 is 0.366 bits per heavy atom. The van der Waals surface area contributed by atoms with E-state index in [-0.39, 0.29) is 5.41 Å². The van der Waals surface area contributed by atoms with Gasteiger partial charge in [-0.25, -0.2) is 0 Å². The maximum atomic E-state index is 6.77. The number of anilines is 3. The summed E-state index contributed by atoms with van der Waals surface area (Å²) < 4.78 is 6.77. The van der Waals surface area contributed by atoms with Gasteiger partial charge < -0.3 is 9.32 Å². The van der Waals surface area contributed by atoms with Crippen molar-refractivity contribution in [2.24, 2.45) is 0 Å². The first kappa shape index (κ1) is 42.4. The molecular weight excluding hydrogens is 859 g/mol. The van der Waals surface area contributed by atoms with E-state index in [1.807, 2.05) is 0 Å². The van der Waals surface area contributed by atoms with Crippen LogP contribution in [0.5, 0.6) is 0 Å². The van der Waals surface area contributed by atoms with Gasteiger partial charge in [0.25, 0.3) is 0 Å². The Bertz CT molecular complexity index is 3940. The van der Waals surface area contributed by atoms with E-state index in [1.54, 1.807) is 0 Å². The second kappa shape index (κ2) is 16.8. The molecule has 0 aliphatic heterocycles. The number of rotatable bonds is 8. The molecule has 12 aromatic rings. The number of hydrogen-bond donors (Lipinski definition) is 0. The first-order valence-corrected chi connectivity index (χ1v) is 24.7. The Labute approximate surface area is 415 Å². The van der Waals surface area contributed by atoms with Crippen molar-refractivity contribution in [2.75, 3.05) is 4.90 Å². The first-order valence-electron chi connectivity index (χ1n) is 24.7. The lowest BCUT2D eigenvalue weighted by molar-refractivity contribution is 0.590. The van der Waals surface area contributed by atoms with Crippen LogP contribution in [0.2, 0.25) is 0 Å². The second-order valence-electron chi connectivity index (χ2n) is 20.0. The van der Waals surface area contributed by atoms with Crippen molar-refractivity contribution >= 4 is 49.8 Å². The van der Waals surface area contributed by atoms with E-state index in [4.69, 9.17) is 4.42 Å². The van der Waals surface area contributed by atoms with Crippen LogP contribution in [0.25, 0.3) is 77.2 Å². The molecule has 0 saturated carbocycles. The molecule has 1 aliphatic carbocycles. The number of fused-ring (bicyclic) bond motifs is 7. The van der Waals surface area contributed by atoms with Gasteiger partial charge in [-0.1, -0.05) is 221 Å². The lowest BCUT2D eigenvalue weighted by Gasteiger charge is -2.36. The second-order valence-corrected chi connectivity index (χ2v) is 20.0. The Kier molecular flexibility index (Phi) is 10.0. The molecule has 0 unspecified atom stereocenters. The third kappa shape index (κ3) is 7.01. The molecule has 0 atom stereocenters. The fraction of sp³-hybridized carbons (Fsp3) is 0.0725. The zero-order valence-electron chi connectivity index (χ0n) is 40.1. The minimum atomic E-state index is -0.650. The van der Waals surface area contributed by atoms with Crippen molar-refractivity contribution < 1.29 is 4.42 Å². The molecule has 0 radical (unpaired) electrons. The molecule has 2 heteroatoms. The summed E-state index contributed by atoms with van der Waals surface area (Å²) in [7, 11) is 0.